The van der Waals surface area contributed by atoms with Gasteiger partial charge >= 0.3 is 11.9 Å². The summed E-state index contributed by atoms with van der Waals surface area (Å²) >= 11 is 3.41. The molecule has 83 heavy (non-hydrogen) atoms. The molecule has 0 atom stereocenters. The lowest BCUT2D eigenvalue weighted by Crippen LogP contribution is -2.39. The molecule has 3 fully saturated rings. The third-order valence-electron chi connectivity index (χ3n) is 16.4. The summed E-state index contributed by atoms with van der Waals surface area (Å²) in [4.78, 5) is 59.4. The van der Waals surface area contributed by atoms with Crippen LogP contribution in [0.1, 0.15) is 112 Å². The number of fused-ring (bicyclic) bond motifs is 6. The van der Waals surface area contributed by atoms with Crippen molar-refractivity contribution >= 4 is 92.4 Å². The number of carboxylic acid groups (broad SMARTS) is 1. The van der Waals surface area contributed by atoms with Crippen LogP contribution in [-0.2, 0) is 84.7 Å². The zero-order valence-electron chi connectivity index (χ0n) is 43.4. The van der Waals surface area contributed by atoms with Gasteiger partial charge in [-0.25, -0.2) is 61.2 Å². The molecule has 3 saturated carbocycles. The van der Waals surface area contributed by atoms with Crippen molar-refractivity contribution < 1.29 is 85.4 Å². The summed E-state index contributed by atoms with van der Waals surface area (Å²) in [6.45, 7) is 0. The number of esters is 1. The topological polar surface area (TPSA) is 253 Å². The molecule has 26 heteroatoms. The van der Waals surface area contributed by atoms with Gasteiger partial charge in [0.25, 0.3) is 30.1 Å². The maximum absolute atomic E-state index is 14.0. The number of methoxy groups -OCH3 is 1. The van der Waals surface area contributed by atoms with Gasteiger partial charge in [0.05, 0.1) is 51.5 Å². The van der Waals surface area contributed by atoms with Crippen molar-refractivity contribution in [3.05, 3.63) is 175 Å². The van der Waals surface area contributed by atoms with Crippen molar-refractivity contribution in [2.24, 2.45) is 0 Å². The van der Waals surface area contributed by atoms with Gasteiger partial charge in [-0.2, -0.15) is 0 Å². The molecule has 6 aromatic rings. The van der Waals surface area contributed by atoms with Crippen LogP contribution in [0.5, 0.6) is 0 Å². The van der Waals surface area contributed by atoms with Crippen LogP contribution < -0.4 is 14.2 Å². The zero-order valence-corrected chi connectivity index (χ0v) is 47.4. The summed E-state index contributed by atoms with van der Waals surface area (Å²) < 4.78 is 169. The van der Waals surface area contributed by atoms with Gasteiger partial charge < -0.3 is 9.84 Å². The highest BCUT2D eigenvalue weighted by Crippen LogP contribution is 2.55. The number of carboxylic acids is 1. The highest BCUT2D eigenvalue weighted by atomic mass is 79.9. The molecule has 0 saturated heterocycles. The second-order valence-electron chi connectivity index (χ2n) is 21.0. The van der Waals surface area contributed by atoms with E-state index < -0.39 is 108 Å². The van der Waals surface area contributed by atoms with Gasteiger partial charge in [0, 0.05) is 41.9 Å². The van der Waals surface area contributed by atoms with Gasteiger partial charge in [-0.15, -0.1) is 0 Å². The molecule has 434 valence electrons. The van der Waals surface area contributed by atoms with Crippen molar-refractivity contribution in [3.8, 4) is 0 Å². The molecular weight excluding hydrogens is 1220 g/mol. The first-order valence-electron chi connectivity index (χ1n) is 25.6. The summed E-state index contributed by atoms with van der Waals surface area (Å²) in [6, 6.07) is 15.0. The van der Waals surface area contributed by atoms with E-state index in [4.69, 9.17) is 4.74 Å². The summed E-state index contributed by atoms with van der Waals surface area (Å²) in [5, 5.41) is 9.52. The van der Waals surface area contributed by atoms with Crippen LogP contribution in [0.25, 0.3) is 0 Å². The normalized spacial score (nSPS) is 17.4. The molecule has 0 bridgehead atoms. The minimum Gasteiger partial charge on any atom is -0.478 e. The third-order valence-corrected chi connectivity index (χ3v) is 21.4. The van der Waals surface area contributed by atoms with E-state index in [1.165, 1.54) is 25.3 Å². The number of carbonyl (C=O) groups excluding carboxylic acids is 4. The predicted molar refractivity (Wildman–Crippen MR) is 290 cm³/mol. The molecule has 0 aromatic heterocycles. The van der Waals surface area contributed by atoms with Crippen LogP contribution in [0.4, 0.5) is 43.4 Å². The van der Waals surface area contributed by atoms with Gasteiger partial charge in [-0.05, 0) is 145 Å². The monoisotopic (exact) mass is 1270 g/mol. The standard InChI is InChI=1S/C20H17F2NO5S.C19H15F2NO5S.C18H14BrF2NO3S/c1-28-19(25)14-8-12(9-15-13(14)10-18(24)20(15)5-2-6-20)23-29(26,27)17-4-3-11(21)7-16(17)22;20-10-2-3-16(15(21)6-10)28(26,27)22-11-7-13(18(24)25)12-9-17(23)19(4-1-5-19)14(12)8-11;19-14-8-11(7-13-12(14)9-17(23)18(13)4-1-5-18)22-26(24,25)16-3-2-10(20)6-15(16)21/h3-4,7-9,23H,2,5-6,10H2,1H3;2-3,6-8,22H,1,4-5,9H2,(H,24,25);2-3,6-8,22H,1,4-5,9H2. The summed E-state index contributed by atoms with van der Waals surface area (Å²) in [5.41, 5.74) is 1.89. The minimum absolute atomic E-state index is 0.00339. The molecule has 0 amide bonds. The average molecular weight is 1270 g/mol. The molecule has 6 aromatic carbocycles. The number of hydrogen-bond acceptors (Lipinski definition) is 12. The lowest BCUT2D eigenvalue weighted by Gasteiger charge is -2.37. The first kappa shape index (κ1) is 58.8. The molecule has 4 N–H and O–H groups in total. The second-order valence-corrected chi connectivity index (χ2v) is 26.8. The molecule has 0 aliphatic heterocycles. The Bertz CT molecular complexity index is 4190. The molecule has 0 unspecified atom stereocenters. The van der Waals surface area contributed by atoms with Crippen molar-refractivity contribution in [1.82, 2.24) is 0 Å². The van der Waals surface area contributed by atoms with E-state index in [9.17, 15) is 80.7 Å². The Kier molecular flexibility index (Phi) is 15.1. The Labute approximate surface area is 479 Å². The van der Waals surface area contributed by atoms with E-state index in [-0.39, 0.29) is 58.4 Å². The van der Waals surface area contributed by atoms with E-state index in [0.717, 1.165) is 85.7 Å². The number of Topliss-reactive ketones (excluding diaryl/α,β-unsaturated/α-hetero) is 3. The van der Waals surface area contributed by atoms with E-state index >= 15 is 0 Å². The van der Waals surface area contributed by atoms with Crippen molar-refractivity contribution in [3.63, 3.8) is 0 Å². The average Bonchev–Trinajstić information content (AvgIpc) is 3.50. The van der Waals surface area contributed by atoms with Crippen molar-refractivity contribution in [2.75, 3.05) is 21.3 Å². The number of ether oxygens (including phenoxy) is 1. The van der Waals surface area contributed by atoms with Crippen molar-refractivity contribution in [1.29, 1.82) is 0 Å². The zero-order chi connectivity index (χ0) is 59.9. The number of anilines is 3. The highest BCUT2D eigenvalue weighted by molar-refractivity contribution is 9.10. The number of aromatic carboxylic acids is 1. The number of benzene rings is 6. The van der Waals surface area contributed by atoms with E-state index in [1.54, 1.807) is 12.1 Å². The first-order chi connectivity index (χ1) is 39.0. The molecule has 3 spiro atoms. The van der Waals surface area contributed by atoms with Crippen LogP contribution >= 0.6 is 15.9 Å². The highest BCUT2D eigenvalue weighted by Gasteiger charge is 2.54. The number of sulfonamides is 3. The summed E-state index contributed by atoms with van der Waals surface area (Å²) in [6.07, 6.45) is 6.98. The maximum atomic E-state index is 14.0. The fourth-order valence-corrected chi connectivity index (χ4v) is 15.8. The van der Waals surface area contributed by atoms with Crippen LogP contribution in [0, 0.1) is 34.9 Å². The Morgan fingerprint density at radius 3 is 1.11 bits per heavy atom. The molecule has 0 heterocycles. The predicted octanol–water partition coefficient (Wildman–Crippen LogP) is 10.2. The number of rotatable bonds is 11. The Morgan fingerprint density at radius 1 is 0.482 bits per heavy atom. The SMILES string of the molecule is COC(=O)c1cc(NS(=O)(=O)c2ccc(F)cc2F)cc2c1CC(=O)C21CCC1.O=C(O)c1cc(NS(=O)(=O)c2ccc(F)cc2F)cc2c1CC(=O)C21CCC1.O=C1Cc2c(Br)cc(NS(=O)(=O)c3ccc(F)cc3F)cc2C12CCC2. The van der Waals surface area contributed by atoms with Crippen molar-refractivity contribution in [2.45, 2.75) is 108 Å². The van der Waals surface area contributed by atoms with E-state index in [1.807, 2.05) is 0 Å². The summed E-state index contributed by atoms with van der Waals surface area (Å²) in [5.74, 6) is -8.25. The Morgan fingerprint density at radius 2 is 0.795 bits per heavy atom. The largest absolute Gasteiger partial charge is 0.478 e. The molecule has 6 aliphatic carbocycles. The number of ketones is 3. The van der Waals surface area contributed by atoms with Gasteiger partial charge in [0.1, 0.15) is 66.9 Å². The lowest BCUT2D eigenvalue weighted by molar-refractivity contribution is -0.126. The van der Waals surface area contributed by atoms with Crippen LogP contribution in [0.15, 0.2) is 110 Å². The molecule has 6 aliphatic rings. The quantitative estimate of drug-likeness (QED) is 0.0697. The van der Waals surface area contributed by atoms with Gasteiger partial charge in [0.15, 0.2) is 0 Å². The number of halogens is 7. The first-order valence-corrected chi connectivity index (χ1v) is 30.8. The van der Waals surface area contributed by atoms with Gasteiger partial charge in [-0.3, -0.25) is 28.5 Å². The molecule has 12 rings (SSSR count). The Hall–Kier alpha value is -7.42. The fraction of sp³-hybridized carbons (Fsp3) is 0.281. The molecule has 16 nitrogen and oxygen atoms in total. The number of nitrogens with one attached hydrogen (secondary N) is 3. The second kappa shape index (κ2) is 21.3. The number of carbonyl (C=O) groups is 5. The van der Waals surface area contributed by atoms with E-state index in [2.05, 4.69) is 30.1 Å². The maximum Gasteiger partial charge on any atom is 0.338 e. The minimum atomic E-state index is -4.43. The smallest absolute Gasteiger partial charge is 0.338 e. The third kappa shape index (κ3) is 10.4. The lowest BCUT2D eigenvalue weighted by atomic mass is 9.64. The molecular formula is C57H46BrF6N3O13S3. The fourth-order valence-electron chi connectivity index (χ4n) is 11.9. The summed E-state index contributed by atoms with van der Waals surface area (Å²) in [7, 11) is -11.9. The number of hydrogen-bond donors (Lipinski definition) is 4. The van der Waals surface area contributed by atoms with E-state index in [0.29, 0.717) is 77.0 Å². The molecule has 0 radical (unpaired) electrons. The Balaban J connectivity index is 0.000000139. The van der Waals surface area contributed by atoms with Crippen LogP contribution in [0.3, 0.4) is 0 Å². The van der Waals surface area contributed by atoms with Crippen LogP contribution in [0.2, 0.25) is 0 Å². The van der Waals surface area contributed by atoms with Gasteiger partial charge in [0.2, 0.25) is 0 Å². The van der Waals surface area contributed by atoms with Crippen LogP contribution in [-0.4, -0.2) is 66.8 Å². The van der Waals surface area contributed by atoms with Gasteiger partial charge in [-0.1, -0.05) is 35.2 Å².